The van der Waals surface area contributed by atoms with Crippen LogP contribution in [0, 0.1) is 11.8 Å². The highest BCUT2D eigenvalue weighted by Crippen LogP contribution is 2.27. The van der Waals surface area contributed by atoms with Crippen LogP contribution in [0.2, 0.25) is 0 Å². The fourth-order valence-corrected chi connectivity index (χ4v) is 5.08. The van der Waals surface area contributed by atoms with Gasteiger partial charge in [-0.2, -0.15) is 13.2 Å². The Hall–Kier alpha value is -3.28. The van der Waals surface area contributed by atoms with Gasteiger partial charge in [-0.25, -0.2) is 9.97 Å². The Labute approximate surface area is 252 Å². The normalized spacial score (nSPS) is 13.5. The summed E-state index contributed by atoms with van der Waals surface area (Å²) in [4.78, 5) is 19.5. The Kier molecular flexibility index (Phi) is 10.4. The van der Waals surface area contributed by atoms with E-state index >= 15 is 0 Å². The number of aromatic amines is 2. The molecule has 3 heterocycles. The average Bonchev–Trinajstić information content (AvgIpc) is 3.54. The van der Waals surface area contributed by atoms with Gasteiger partial charge < -0.3 is 15.7 Å². The number of nitrogens with two attached hydrogens (primary N) is 1. The molecule has 0 aliphatic heterocycles. The zero-order valence-electron chi connectivity index (χ0n) is 24.1. The van der Waals surface area contributed by atoms with Crippen LogP contribution in [0.15, 0.2) is 65.4 Å². The van der Waals surface area contributed by atoms with Crippen molar-refractivity contribution in [3.63, 3.8) is 0 Å². The van der Waals surface area contributed by atoms with Crippen molar-refractivity contribution in [3.05, 3.63) is 77.0 Å². The van der Waals surface area contributed by atoms with Gasteiger partial charge in [-0.05, 0) is 78.3 Å². The molecule has 0 saturated carbocycles. The van der Waals surface area contributed by atoms with Gasteiger partial charge in [0.25, 0.3) is 0 Å². The van der Waals surface area contributed by atoms with E-state index in [1.54, 1.807) is 12.4 Å². The Morgan fingerprint density at radius 2 is 1.40 bits per heavy atom. The Bertz CT molecular complexity index is 1580. The lowest BCUT2D eigenvalue weighted by Gasteiger charge is -2.19. The van der Waals surface area contributed by atoms with Crippen molar-refractivity contribution in [3.8, 4) is 11.1 Å². The van der Waals surface area contributed by atoms with E-state index in [0.717, 1.165) is 49.9 Å². The van der Waals surface area contributed by atoms with E-state index in [9.17, 15) is 13.2 Å². The van der Waals surface area contributed by atoms with Crippen molar-refractivity contribution in [2.24, 2.45) is 17.6 Å². The summed E-state index contributed by atoms with van der Waals surface area (Å²) in [6.45, 7) is 7.25. The molecule has 11 heteroatoms. The molecule has 0 spiro atoms. The van der Waals surface area contributed by atoms with Crippen LogP contribution >= 0.6 is 15.9 Å². The van der Waals surface area contributed by atoms with Crippen LogP contribution < -0.4 is 11.1 Å². The highest BCUT2D eigenvalue weighted by molar-refractivity contribution is 9.10. The van der Waals surface area contributed by atoms with E-state index in [4.69, 9.17) is 5.73 Å². The lowest BCUT2D eigenvalue weighted by atomic mass is 10.0. The molecule has 5 rings (SSSR count). The number of nitrogens with zero attached hydrogens (tertiary/aromatic N) is 3. The molecule has 2 aromatic carbocycles. The third-order valence-corrected chi connectivity index (χ3v) is 7.13. The number of rotatable bonds is 9. The average molecular weight is 645 g/mol. The molecule has 2 atom stereocenters. The second-order valence-corrected chi connectivity index (χ2v) is 12.2. The highest BCUT2D eigenvalue weighted by atomic mass is 79.9. The summed E-state index contributed by atoms with van der Waals surface area (Å²) in [5, 5.41) is 2.59. The number of hydrogen-bond donors (Lipinski definition) is 4. The van der Waals surface area contributed by atoms with Gasteiger partial charge in [0, 0.05) is 16.9 Å². The third kappa shape index (κ3) is 8.86. The van der Waals surface area contributed by atoms with Crippen molar-refractivity contribution in [2.45, 2.75) is 58.8 Å². The van der Waals surface area contributed by atoms with E-state index in [0.29, 0.717) is 18.2 Å². The number of H-pyrrole nitrogens is 2. The van der Waals surface area contributed by atoms with Crippen LogP contribution in [0.3, 0.4) is 0 Å². The zero-order valence-corrected chi connectivity index (χ0v) is 25.7. The van der Waals surface area contributed by atoms with Crippen LogP contribution in [0.4, 0.5) is 13.2 Å². The van der Waals surface area contributed by atoms with Crippen LogP contribution in [-0.2, 0) is 0 Å². The molecule has 0 fully saturated rings. The van der Waals surface area contributed by atoms with Gasteiger partial charge >= 0.3 is 6.18 Å². The molecule has 0 saturated heterocycles. The van der Waals surface area contributed by atoms with E-state index in [1.807, 2.05) is 62.4 Å². The number of halogens is 4. The molecule has 5 N–H and O–H groups in total. The smallest absolute Gasteiger partial charge is 0.341 e. The first-order chi connectivity index (χ1) is 19.9. The van der Waals surface area contributed by atoms with Crippen molar-refractivity contribution in [1.82, 2.24) is 30.2 Å². The number of benzene rings is 2. The predicted octanol–water partition coefficient (Wildman–Crippen LogP) is 8.24. The van der Waals surface area contributed by atoms with E-state index in [1.165, 1.54) is 0 Å². The van der Waals surface area contributed by atoms with E-state index < -0.39 is 18.8 Å². The lowest BCUT2D eigenvalue weighted by Crippen LogP contribution is -2.33. The summed E-state index contributed by atoms with van der Waals surface area (Å²) in [7, 11) is 0. The van der Waals surface area contributed by atoms with Gasteiger partial charge in [0.2, 0.25) is 0 Å². The number of aromatic nitrogens is 5. The fraction of sp³-hybridized carbons (Fsp3) is 0.387. The summed E-state index contributed by atoms with van der Waals surface area (Å²) in [6.07, 6.45) is 0.694. The minimum atomic E-state index is -4.25. The largest absolute Gasteiger partial charge is 0.401 e. The van der Waals surface area contributed by atoms with E-state index in [2.05, 4.69) is 60.0 Å². The van der Waals surface area contributed by atoms with Gasteiger partial charge in [-0.3, -0.25) is 10.3 Å². The minimum absolute atomic E-state index is 0.00817. The van der Waals surface area contributed by atoms with Crippen molar-refractivity contribution in [2.75, 3.05) is 6.54 Å². The SMILES string of the molecule is CC(C)C[C@@H](N)c1nc2ccc(Br)cc2[nH]1.CC(C)C[C@@H](NCC(F)(F)F)c1nc2ccc(-c3ccncc3)cc2[nH]1. The third-order valence-electron chi connectivity index (χ3n) is 6.64. The van der Waals surface area contributed by atoms with Gasteiger partial charge in [0.05, 0.1) is 40.7 Å². The van der Waals surface area contributed by atoms with Crippen LogP contribution in [0.1, 0.15) is 64.3 Å². The first-order valence-electron chi connectivity index (χ1n) is 14.0. The number of alkyl halides is 3. The summed E-state index contributed by atoms with van der Waals surface area (Å²) in [5.74, 6) is 2.22. The summed E-state index contributed by atoms with van der Waals surface area (Å²) in [5.41, 5.74) is 11.7. The predicted molar refractivity (Wildman–Crippen MR) is 166 cm³/mol. The molecule has 0 aliphatic carbocycles. The molecule has 5 aromatic rings. The molecule has 0 bridgehead atoms. The molecule has 0 unspecified atom stereocenters. The number of fused-ring (bicyclic) bond motifs is 2. The molecule has 7 nitrogen and oxygen atoms in total. The zero-order chi connectivity index (χ0) is 30.4. The Morgan fingerprint density at radius 3 is 2.05 bits per heavy atom. The maximum atomic E-state index is 12.6. The maximum Gasteiger partial charge on any atom is 0.401 e. The minimum Gasteiger partial charge on any atom is -0.341 e. The first-order valence-corrected chi connectivity index (χ1v) is 14.8. The van der Waals surface area contributed by atoms with Crippen molar-refractivity contribution >= 4 is 38.0 Å². The van der Waals surface area contributed by atoms with Gasteiger partial charge in [-0.1, -0.05) is 49.7 Å². The fourth-order valence-electron chi connectivity index (χ4n) is 4.72. The maximum absolute atomic E-state index is 12.6. The summed E-state index contributed by atoms with van der Waals surface area (Å²) in [6, 6.07) is 15.1. The monoisotopic (exact) mass is 643 g/mol. The molecule has 3 aromatic heterocycles. The second kappa shape index (κ2) is 13.8. The number of pyridine rings is 1. The molecule has 0 amide bonds. The standard InChI is InChI=1S/C19H21F3N4.C12H16BrN3/c1-12(2)9-17(24-11-19(20,21)22)18-25-15-4-3-14(10-16(15)26-18)13-5-7-23-8-6-13;1-7(2)5-9(14)12-15-10-4-3-8(13)6-11(10)16-12/h3-8,10,12,17,24H,9,11H2,1-2H3,(H,25,26);3-4,6-7,9H,5,14H2,1-2H3,(H,15,16)/t17-;9-/m11/s1. The summed E-state index contributed by atoms with van der Waals surface area (Å²) < 4.78 is 38.9. The highest BCUT2D eigenvalue weighted by Gasteiger charge is 2.29. The van der Waals surface area contributed by atoms with Crippen molar-refractivity contribution in [1.29, 1.82) is 0 Å². The van der Waals surface area contributed by atoms with Crippen LogP contribution in [-0.4, -0.2) is 37.6 Å². The molecule has 224 valence electrons. The molecule has 0 radical (unpaired) electrons. The molecule has 42 heavy (non-hydrogen) atoms. The van der Waals surface area contributed by atoms with Crippen molar-refractivity contribution < 1.29 is 13.2 Å². The quantitative estimate of drug-likeness (QED) is 0.129. The first kappa shape index (κ1) is 31.7. The lowest BCUT2D eigenvalue weighted by molar-refractivity contribution is -0.126. The second-order valence-electron chi connectivity index (χ2n) is 11.3. The van der Waals surface area contributed by atoms with Gasteiger partial charge in [-0.15, -0.1) is 0 Å². The number of imidazole rings is 2. The molecular formula is C31H37BrF3N7. The van der Waals surface area contributed by atoms with Gasteiger partial charge in [0.1, 0.15) is 11.6 Å². The van der Waals surface area contributed by atoms with Crippen LogP contribution in [0.5, 0.6) is 0 Å². The molecule has 0 aliphatic rings. The Balaban J connectivity index is 0.000000216. The topological polar surface area (TPSA) is 108 Å². The van der Waals surface area contributed by atoms with Crippen LogP contribution in [0.25, 0.3) is 33.2 Å². The van der Waals surface area contributed by atoms with E-state index in [-0.39, 0.29) is 12.0 Å². The summed E-state index contributed by atoms with van der Waals surface area (Å²) >= 11 is 3.44. The number of hydrogen-bond acceptors (Lipinski definition) is 5. The Morgan fingerprint density at radius 1 is 0.810 bits per heavy atom. The molecular weight excluding hydrogens is 607 g/mol. The number of nitrogens with one attached hydrogen (secondary N) is 3. The van der Waals surface area contributed by atoms with Gasteiger partial charge in [0.15, 0.2) is 0 Å².